The van der Waals surface area contributed by atoms with E-state index in [2.05, 4.69) is 4.72 Å². The van der Waals surface area contributed by atoms with Crippen LogP contribution in [0.15, 0.2) is 52.7 Å². The van der Waals surface area contributed by atoms with Crippen LogP contribution >= 0.6 is 11.3 Å². The maximum Gasteiger partial charge on any atom is 0.268 e. The smallest absolute Gasteiger partial charge is 0.268 e. The quantitative estimate of drug-likeness (QED) is 0.636. The molecule has 3 aromatic rings. The lowest BCUT2D eigenvalue weighted by atomic mass is 10.1. The second-order valence-electron chi connectivity index (χ2n) is 7.22. The monoisotopic (exact) mass is 442 g/mol. The van der Waals surface area contributed by atoms with Gasteiger partial charge in [0, 0.05) is 17.9 Å². The molecule has 0 unspecified atom stereocenters. The fourth-order valence-corrected chi connectivity index (χ4v) is 5.51. The predicted octanol–water partition coefficient (Wildman–Crippen LogP) is 4.38. The molecule has 30 heavy (non-hydrogen) atoms. The number of carbonyl (C=O) groups excluding carboxylic acids is 1. The Bertz CT molecular complexity index is 1220. The first-order chi connectivity index (χ1) is 14.3. The van der Waals surface area contributed by atoms with Gasteiger partial charge in [-0.25, -0.2) is 8.42 Å². The number of fused-ring (bicyclic) bond motifs is 1. The molecule has 156 valence electrons. The number of hydrogen-bond donors (Lipinski definition) is 1. The first kappa shape index (κ1) is 20.4. The Morgan fingerprint density at radius 2 is 1.90 bits per heavy atom. The fourth-order valence-electron chi connectivity index (χ4n) is 3.55. The van der Waals surface area contributed by atoms with Gasteiger partial charge in [0.2, 0.25) is 0 Å². The molecule has 0 fully saturated rings. The van der Waals surface area contributed by atoms with Crippen LogP contribution in [-0.4, -0.2) is 28.0 Å². The summed E-state index contributed by atoms with van der Waals surface area (Å²) >= 11 is 1.41. The molecule has 0 radical (unpaired) electrons. The highest BCUT2D eigenvalue weighted by Gasteiger charge is 2.27. The highest BCUT2D eigenvalue weighted by Crippen LogP contribution is 2.34. The molecule has 1 aromatic heterocycles. The summed E-state index contributed by atoms with van der Waals surface area (Å²) in [6.07, 6.45) is 0.676. The number of ether oxygens (including phenoxy) is 1. The van der Waals surface area contributed by atoms with Crippen LogP contribution in [0.1, 0.15) is 26.4 Å². The molecule has 0 spiro atoms. The van der Waals surface area contributed by atoms with Crippen molar-refractivity contribution in [3.05, 3.63) is 69.4 Å². The Hall–Kier alpha value is -2.84. The molecule has 0 saturated carbocycles. The molecule has 2 heterocycles. The van der Waals surface area contributed by atoms with Gasteiger partial charge in [-0.1, -0.05) is 6.07 Å². The molecule has 8 heteroatoms. The van der Waals surface area contributed by atoms with Gasteiger partial charge < -0.3 is 9.64 Å². The summed E-state index contributed by atoms with van der Waals surface area (Å²) in [4.78, 5) is 15.2. The summed E-state index contributed by atoms with van der Waals surface area (Å²) in [6, 6.07) is 12.3. The molecule has 0 atom stereocenters. The summed E-state index contributed by atoms with van der Waals surface area (Å²) in [7, 11) is -2.38. The van der Waals surface area contributed by atoms with Crippen molar-refractivity contribution in [3.63, 3.8) is 0 Å². The lowest BCUT2D eigenvalue weighted by molar-refractivity contribution is 0.0993. The number of nitrogens with zero attached hydrogens (tertiary/aromatic N) is 1. The van der Waals surface area contributed by atoms with E-state index in [9.17, 15) is 13.2 Å². The summed E-state index contributed by atoms with van der Waals surface area (Å²) in [5.74, 6) is 0.274. The highest BCUT2D eigenvalue weighted by molar-refractivity contribution is 7.92. The summed E-state index contributed by atoms with van der Waals surface area (Å²) < 4.78 is 34.0. The fraction of sp³-hybridized carbons (Fsp3) is 0.227. The first-order valence-corrected chi connectivity index (χ1v) is 11.8. The number of amides is 1. The van der Waals surface area contributed by atoms with E-state index in [0.717, 1.165) is 22.4 Å². The van der Waals surface area contributed by atoms with Crippen LogP contribution < -0.4 is 14.4 Å². The molecule has 1 amide bonds. The van der Waals surface area contributed by atoms with Gasteiger partial charge >= 0.3 is 0 Å². The van der Waals surface area contributed by atoms with Crippen molar-refractivity contribution in [2.24, 2.45) is 0 Å². The van der Waals surface area contributed by atoms with E-state index in [1.165, 1.54) is 18.4 Å². The maximum atomic E-state index is 13.0. The highest BCUT2D eigenvalue weighted by atomic mass is 32.2. The SMILES string of the molecule is COc1cc(C)c(C)cc1S(=O)(=O)Nc1ccc2c(c1)CCN2C(=O)c1cccs1. The van der Waals surface area contributed by atoms with Crippen LogP contribution in [0.25, 0.3) is 0 Å². The minimum absolute atomic E-state index is 0.0306. The maximum absolute atomic E-state index is 13.0. The van der Waals surface area contributed by atoms with Crippen molar-refractivity contribution < 1.29 is 17.9 Å². The lowest BCUT2D eigenvalue weighted by Gasteiger charge is -2.17. The van der Waals surface area contributed by atoms with Crippen LogP contribution in [0, 0.1) is 13.8 Å². The number of rotatable bonds is 5. The molecule has 6 nitrogen and oxygen atoms in total. The van der Waals surface area contributed by atoms with Crippen molar-refractivity contribution >= 4 is 38.6 Å². The third-order valence-electron chi connectivity index (χ3n) is 5.27. The molecule has 4 rings (SSSR count). The number of carbonyl (C=O) groups is 1. The topological polar surface area (TPSA) is 75.7 Å². The first-order valence-electron chi connectivity index (χ1n) is 9.46. The number of methoxy groups -OCH3 is 1. The number of aryl methyl sites for hydroxylation is 2. The van der Waals surface area contributed by atoms with E-state index >= 15 is 0 Å². The number of anilines is 2. The third-order valence-corrected chi connectivity index (χ3v) is 7.53. The van der Waals surface area contributed by atoms with Gasteiger partial charge in [-0.15, -0.1) is 11.3 Å². The summed E-state index contributed by atoms with van der Waals surface area (Å²) in [5, 5.41) is 1.88. The van der Waals surface area contributed by atoms with Gasteiger partial charge in [-0.2, -0.15) is 0 Å². The van der Waals surface area contributed by atoms with E-state index in [0.29, 0.717) is 29.3 Å². The number of nitrogens with one attached hydrogen (secondary N) is 1. The number of benzene rings is 2. The Kier molecular flexibility index (Phi) is 5.29. The van der Waals surface area contributed by atoms with Gasteiger partial charge in [-0.05, 0) is 78.7 Å². The van der Waals surface area contributed by atoms with Gasteiger partial charge in [-0.3, -0.25) is 9.52 Å². The standard InChI is InChI=1S/C22H22N2O4S2/c1-14-11-19(28-3)21(12-15(14)2)30(26,27)23-17-6-7-18-16(13-17)8-9-24(18)22(25)20-5-4-10-29-20/h4-7,10-13,23H,8-9H2,1-3H3. The lowest BCUT2D eigenvalue weighted by Crippen LogP contribution is -2.28. The van der Waals surface area contributed by atoms with Gasteiger partial charge in [0.1, 0.15) is 10.6 Å². The van der Waals surface area contributed by atoms with Crippen LogP contribution in [-0.2, 0) is 16.4 Å². The molecule has 1 aliphatic rings. The minimum atomic E-state index is -3.83. The second kappa shape index (κ2) is 7.77. The average Bonchev–Trinajstić information content (AvgIpc) is 3.38. The van der Waals surface area contributed by atoms with E-state index in [-0.39, 0.29) is 10.8 Å². The zero-order valence-electron chi connectivity index (χ0n) is 16.9. The zero-order chi connectivity index (χ0) is 21.5. The van der Waals surface area contributed by atoms with Crippen molar-refractivity contribution in [1.29, 1.82) is 0 Å². The van der Waals surface area contributed by atoms with E-state index in [1.807, 2.05) is 31.4 Å². The Morgan fingerprint density at radius 1 is 1.13 bits per heavy atom. The molecule has 0 aliphatic carbocycles. The third kappa shape index (κ3) is 3.68. The minimum Gasteiger partial charge on any atom is -0.495 e. The molecule has 0 bridgehead atoms. The summed E-state index contributed by atoms with van der Waals surface area (Å²) in [6.45, 7) is 4.35. The van der Waals surface area contributed by atoms with Gasteiger partial charge in [0.25, 0.3) is 15.9 Å². The number of hydrogen-bond acceptors (Lipinski definition) is 5. The van der Waals surface area contributed by atoms with Crippen LogP contribution in [0.4, 0.5) is 11.4 Å². The Labute approximate surface area is 180 Å². The molecular weight excluding hydrogens is 420 g/mol. The van der Waals surface area contributed by atoms with E-state index in [4.69, 9.17) is 4.74 Å². The Balaban J connectivity index is 1.61. The second-order valence-corrected chi connectivity index (χ2v) is 9.82. The molecule has 0 saturated heterocycles. The zero-order valence-corrected chi connectivity index (χ0v) is 18.6. The molecule has 1 aliphatic heterocycles. The molecule has 2 aromatic carbocycles. The Morgan fingerprint density at radius 3 is 2.60 bits per heavy atom. The molecular formula is C22H22N2O4S2. The van der Waals surface area contributed by atoms with Crippen LogP contribution in [0.3, 0.4) is 0 Å². The van der Waals surface area contributed by atoms with Crippen LogP contribution in [0.2, 0.25) is 0 Å². The predicted molar refractivity (Wildman–Crippen MR) is 119 cm³/mol. The normalized spacial score (nSPS) is 13.2. The average molecular weight is 443 g/mol. The molecule has 1 N–H and O–H groups in total. The number of thiophene rings is 1. The van der Waals surface area contributed by atoms with Gasteiger partial charge in [0.15, 0.2) is 0 Å². The largest absolute Gasteiger partial charge is 0.495 e. The van der Waals surface area contributed by atoms with E-state index < -0.39 is 10.0 Å². The van der Waals surface area contributed by atoms with Crippen molar-refractivity contribution in [2.45, 2.75) is 25.2 Å². The summed E-state index contributed by atoms with van der Waals surface area (Å²) in [5.41, 5.74) is 4.04. The van der Waals surface area contributed by atoms with Crippen molar-refractivity contribution in [3.8, 4) is 5.75 Å². The number of sulfonamides is 1. The van der Waals surface area contributed by atoms with Crippen molar-refractivity contribution in [2.75, 3.05) is 23.3 Å². The van der Waals surface area contributed by atoms with E-state index in [1.54, 1.807) is 35.2 Å². The van der Waals surface area contributed by atoms with Gasteiger partial charge in [0.05, 0.1) is 12.0 Å². The van der Waals surface area contributed by atoms with Crippen LogP contribution in [0.5, 0.6) is 5.75 Å². The van der Waals surface area contributed by atoms with Crippen molar-refractivity contribution in [1.82, 2.24) is 0 Å².